The van der Waals surface area contributed by atoms with Gasteiger partial charge in [-0.15, -0.1) is 0 Å². The van der Waals surface area contributed by atoms with Crippen molar-refractivity contribution in [2.45, 2.75) is 0 Å². The molecule has 1 aliphatic carbocycles. The lowest BCUT2D eigenvalue weighted by molar-refractivity contribution is 0.104. The fourth-order valence-corrected chi connectivity index (χ4v) is 5.85. The quantitative estimate of drug-likeness (QED) is 0.203. The van der Waals surface area contributed by atoms with Crippen molar-refractivity contribution in [3.8, 4) is 11.1 Å². The lowest BCUT2D eigenvalue weighted by Crippen LogP contribution is -1.95. The van der Waals surface area contributed by atoms with Gasteiger partial charge in [0, 0.05) is 48.3 Å². The van der Waals surface area contributed by atoms with Crippen molar-refractivity contribution in [2.75, 3.05) is 0 Å². The third kappa shape index (κ3) is 1.92. The Labute approximate surface area is 186 Å². The van der Waals surface area contributed by atoms with E-state index in [9.17, 15) is 4.79 Å². The van der Waals surface area contributed by atoms with E-state index < -0.39 is 0 Å². The number of rotatable bonds is 0. The average Bonchev–Trinajstić information content (AvgIpc) is 3.40. The molecule has 0 unspecified atom stereocenters. The fraction of sp³-hybridized carbons (Fsp3) is 0. The molecular formula is C25H10Br2O3. The summed E-state index contributed by atoms with van der Waals surface area (Å²) in [6.45, 7) is 0. The van der Waals surface area contributed by atoms with E-state index in [4.69, 9.17) is 8.83 Å². The maximum Gasteiger partial charge on any atom is 0.194 e. The maximum absolute atomic E-state index is 13.4. The number of halogens is 2. The first-order valence-corrected chi connectivity index (χ1v) is 11.0. The molecule has 0 spiro atoms. The van der Waals surface area contributed by atoms with Crippen LogP contribution in [-0.2, 0) is 0 Å². The molecule has 2 aromatic heterocycles. The molecule has 0 fully saturated rings. The number of ketones is 1. The summed E-state index contributed by atoms with van der Waals surface area (Å²) in [7, 11) is 0. The summed E-state index contributed by atoms with van der Waals surface area (Å²) in [5.74, 6) is -0.00376. The van der Waals surface area contributed by atoms with Crippen LogP contribution in [0.15, 0.2) is 78.4 Å². The minimum absolute atomic E-state index is 0.00376. The standard InChI is InChI=1S/C25H10Br2O3/c26-15-9-14-22(25-19(15)11-5-1-3-7-17(11)30-25)20-13(23(14)28)10-16(27)24-21(20)12-6-2-4-8-18(12)29-24/h1-10H. The van der Waals surface area contributed by atoms with Crippen molar-refractivity contribution in [2.24, 2.45) is 0 Å². The van der Waals surface area contributed by atoms with E-state index in [-0.39, 0.29) is 5.78 Å². The van der Waals surface area contributed by atoms with Crippen LogP contribution in [-0.4, -0.2) is 5.78 Å². The molecule has 0 N–H and O–H groups in total. The largest absolute Gasteiger partial charge is 0.455 e. The number of carbonyl (C=O) groups is 1. The van der Waals surface area contributed by atoms with Gasteiger partial charge in [0.25, 0.3) is 0 Å². The van der Waals surface area contributed by atoms with Gasteiger partial charge in [-0.3, -0.25) is 4.79 Å². The molecule has 0 atom stereocenters. The van der Waals surface area contributed by atoms with Crippen LogP contribution in [0.5, 0.6) is 0 Å². The first-order chi connectivity index (χ1) is 14.6. The first kappa shape index (κ1) is 16.9. The van der Waals surface area contributed by atoms with Crippen LogP contribution in [0.4, 0.5) is 0 Å². The van der Waals surface area contributed by atoms with Gasteiger partial charge in [-0.2, -0.15) is 0 Å². The highest BCUT2D eigenvalue weighted by molar-refractivity contribution is 9.11. The Bertz CT molecular complexity index is 1740. The number of para-hydroxylation sites is 2. The molecule has 0 saturated carbocycles. The fourth-order valence-electron chi connectivity index (χ4n) is 4.72. The lowest BCUT2D eigenvalue weighted by Gasteiger charge is -2.05. The van der Waals surface area contributed by atoms with E-state index in [0.29, 0.717) is 11.1 Å². The Morgan fingerprint density at radius 3 is 1.93 bits per heavy atom. The second-order valence-corrected chi connectivity index (χ2v) is 9.20. The second kappa shape index (κ2) is 5.62. The Morgan fingerprint density at radius 2 is 1.20 bits per heavy atom. The van der Waals surface area contributed by atoms with Gasteiger partial charge in [0.05, 0.1) is 4.47 Å². The molecule has 4 aromatic carbocycles. The highest BCUT2D eigenvalue weighted by atomic mass is 79.9. The first-order valence-electron chi connectivity index (χ1n) is 9.46. The number of furan rings is 2. The molecule has 3 nitrogen and oxygen atoms in total. The molecule has 0 amide bonds. The number of carbonyl (C=O) groups excluding carboxylic acids is 1. The third-order valence-electron chi connectivity index (χ3n) is 5.94. The van der Waals surface area contributed by atoms with Crippen LogP contribution < -0.4 is 0 Å². The molecule has 6 aromatic rings. The number of hydrogen-bond donors (Lipinski definition) is 0. The molecule has 0 aliphatic heterocycles. The van der Waals surface area contributed by atoms with Gasteiger partial charge in [0.15, 0.2) is 5.78 Å². The number of fused-ring (bicyclic) bond motifs is 11. The predicted molar refractivity (Wildman–Crippen MR) is 125 cm³/mol. The van der Waals surface area contributed by atoms with Crippen LogP contribution in [0.2, 0.25) is 0 Å². The summed E-state index contributed by atoms with van der Waals surface area (Å²) < 4.78 is 14.1. The van der Waals surface area contributed by atoms with Gasteiger partial charge < -0.3 is 8.83 Å². The highest BCUT2D eigenvalue weighted by Gasteiger charge is 2.35. The minimum Gasteiger partial charge on any atom is -0.455 e. The molecule has 2 heterocycles. The molecular weight excluding hydrogens is 508 g/mol. The lowest BCUT2D eigenvalue weighted by atomic mass is 9.97. The van der Waals surface area contributed by atoms with E-state index in [2.05, 4.69) is 31.9 Å². The van der Waals surface area contributed by atoms with E-state index in [1.54, 1.807) is 0 Å². The van der Waals surface area contributed by atoms with E-state index in [1.165, 1.54) is 0 Å². The molecule has 142 valence electrons. The summed E-state index contributed by atoms with van der Waals surface area (Å²) in [6.07, 6.45) is 0. The van der Waals surface area contributed by atoms with Crippen molar-refractivity contribution in [1.82, 2.24) is 0 Å². The summed E-state index contributed by atoms with van der Waals surface area (Å²) in [6, 6.07) is 19.7. The molecule has 7 rings (SSSR count). The van der Waals surface area contributed by atoms with Crippen molar-refractivity contribution in [3.63, 3.8) is 0 Å². The van der Waals surface area contributed by atoms with Crippen molar-refractivity contribution in [1.29, 1.82) is 0 Å². The number of benzene rings is 4. The van der Waals surface area contributed by atoms with Gasteiger partial charge >= 0.3 is 0 Å². The summed E-state index contributed by atoms with van der Waals surface area (Å²) in [5.41, 5.74) is 6.09. The van der Waals surface area contributed by atoms with E-state index in [1.807, 2.05) is 60.7 Å². The zero-order chi connectivity index (χ0) is 20.1. The Balaban J connectivity index is 1.77. The summed E-state index contributed by atoms with van der Waals surface area (Å²) >= 11 is 7.29. The van der Waals surface area contributed by atoms with Gasteiger partial charge in [-0.25, -0.2) is 0 Å². The Hall–Kier alpha value is -2.89. The van der Waals surface area contributed by atoms with Crippen molar-refractivity contribution < 1.29 is 13.6 Å². The average molecular weight is 518 g/mol. The smallest absolute Gasteiger partial charge is 0.194 e. The molecule has 0 radical (unpaired) electrons. The summed E-state index contributed by atoms with van der Waals surface area (Å²) in [4.78, 5) is 13.4. The highest BCUT2D eigenvalue weighted by Crippen LogP contribution is 2.52. The summed E-state index contributed by atoms with van der Waals surface area (Å²) in [5, 5.41) is 3.92. The minimum atomic E-state index is -0.00376. The zero-order valence-electron chi connectivity index (χ0n) is 15.3. The van der Waals surface area contributed by atoms with Crippen molar-refractivity contribution >= 4 is 81.5 Å². The monoisotopic (exact) mass is 516 g/mol. The van der Waals surface area contributed by atoms with Crippen molar-refractivity contribution in [3.05, 3.63) is 80.7 Å². The van der Waals surface area contributed by atoms with Crippen LogP contribution in [0, 0.1) is 0 Å². The van der Waals surface area contributed by atoms with Gasteiger partial charge in [0.2, 0.25) is 0 Å². The van der Waals surface area contributed by atoms with E-state index in [0.717, 1.165) is 63.9 Å². The normalized spacial score (nSPS) is 13.1. The number of hydrogen-bond acceptors (Lipinski definition) is 3. The van der Waals surface area contributed by atoms with E-state index >= 15 is 0 Å². The second-order valence-electron chi connectivity index (χ2n) is 7.50. The van der Waals surface area contributed by atoms with Gasteiger partial charge in [-0.1, -0.05) is 36.4 Å². The maximum atomic E-state index is 13.4. The Kier molecular flexibility index (Phi) is 3.16. The molecule has 5 heteroatoms. The van der Waals surface area contributed by atoms with Crippen LogP contribution >= 0.6 is 31.9 Å². The predicted octanol–water partition coefficient (Wildman–Crippen LogP) is 8.22. The van der Waals surface area contributed by atoms with Gasteiger partial charge in [-0.05, 0) is 56.1 Å². The molecule has 1 aliphatic rings. The van der Waals surface area contributed by atoms with Crippen LogP contribution in [0.3, 0.4) is 0 Å². The molecule has 30 heavy (non-hydrogen) atoms. The molecule has 0 saturated heterocycles. The third-order valence-corrected chi connectivity index (χ3v) is 7.16. The van der Waals surface area contributed by atoms with Crippen LogP contribution in [0.25, 0.3) is 55.0 Å². The van der Waals surface area contributed by atoms with Gasteiger partial charge in [0.1, 0.15) is 22.3 Å². The Morgan fingerprint density at radius 1 is 0.633 bits per heavy atom. The SMILES string of the molecule is O=C1c2cc(Br)c3c(oc4ccccc43)c2-c2c1cc(Br)c1oc3ccccc3c21. The van der Waals surface area contributed by atoms with Crippen LogP contribution in [0.1, 0.15) is 15.9 Å². The molecule has 0 bridgehead atoms. The topological polar surface area (TPSA) is 43.4 Å². The zero-order valence-corrected chi connectivity index (χ0v) is 18.4.